The van der Waals surface area contributed by atoms with E-state index in [1.54, 1.807) is 27.3 Å². The van der Waals surface area contributed by atoms with Gasteiger partial charge in [-0.3, -0.25) is 14.4 Å². The van der Waals surface area contributed by atoms with Crippen LogP contribution in [0.5, 0.6) is 0 Å². The summed E-state index contributed by atoms with van der Waals surface area (Å²) in [6.45, 7) is 13.1. The van der Waals surface area contributed by atoms with Gasteiger partial charge in [-0.15, -0.1) is 0 Å². The number of benzene rings is 1. The standard InChI is InChI=1S/C31H36Cl2FN7O2S/c1-7-23(42)39-13-17(5)40(14-16(39)4)29-18-12-20(33)27(24-21(35)9-8-19(32)25(24)34)37-30(18)41(31(43)38-29)28-22(44-6)10-11-36-26(28)15(2)3/h7-9,12,15-17,22,28H,1,10-11,13-14,35H2,2-6H3/t16-,17+,22-,28-/m1/s1. The molecule has 0 spiro atoms. The number of aromatic nitrogens is 3. The largest absolute Gasteiger partial charge is 0.398 e. The number of rotatable bonds is 6. The normalized spacial score (nSPS) is 22.4. The molecule has 4 atom stereocenters. The fourth-order valence-corrected chi connectivity index (χ4v) is 7.52. The van der Waals surface area contributed by atoms with E-state index in [4.69, 9.17) is 38.9 Å². The van der Waals surface area contributed by atoms with Gasteiger partial charge in [0.1, 0.15) is 11.5 Å². The van der Waals surface area contributed by atoms with Gasteiger partial charge in [-0.25, -0.2) is 14.2 Å². The molecule has 1 amide bonds. The summed E-state index contributed by atoms with van der Waals surface area (Å²) < 4.78 is 17.1. The van der Waals surface area contributed by atoms with Gasteiger partial charge < -0.3 is 15.5 Å². The summed E-state index contributed by atoms with van der Waals surface area (Å²) in [5, 5.41) is 0.552. The Morgan fingerprint density at radius 3 is 2.57 bits per heavy atom. The van der Waals surface area contributed by atoms with Crippen molar-refractivity contribution in [3.8, 4) is 11.3 Å². The lowest BCUT2D eigenvalue weighted by Gasteiger charge is -2.44. The number of hydrogen-bond acceptors (Lipinski definition) is 8. The number of nitrogens with two attached hydrogens (primary N) is 1. The lowest BCUT2D eigenvalue weighted by Crippen LogP contribution is -2.58. The zero-order chi connectivity index (χ0) is 32.0. The van der Waals surface area contributed by atoms with Crippen LogP contribution in [-0.4, -0.2) is 74.3 Å². The summed E-state index contributed by atoms with van der Waals surface area (Å²) in [5.41, 5.74) is 7.04. The van der Waals surface area contributed by atoms with Gasteiger partial charge in [0.2, 0.25) is 5.91 Å². The number of nitrogen functional groups attached to an aromatic ring is 1. The quantitative estimate of drug-likeness (QED) is 0.260. The van der Waals surface area contributed by atoms with E-state index in [2.05, 4.69) is 25.4 Å². The second-order valence-electron chi connectivity index (χ2n) is 11.6. The fourth-order valence-electron chi connectivity index (χ4n) is 6.25. The molecule has 2 aliphatic rings. The number of pyridine rings is 1. The van der Waals surface area contributed by atoms with E-state index in [0.717, 1.165) is 12.1 Å². The fraction of sp³-hybridized carbons (Fsp3) is 0.452. The van der Waals surface area contributed by atoms with Gasteiger partial charge in [-0.05, 0) is 56.7 Å². The number of thioether (sulfide) groups is 1. The smallest absolute Gasteiger partial charge is 0.351 e. The topological polar surface area (TPSA) is 110 Å². The van der Waals surface area contributed by atoms with Crippen LogP contribution in [0.4, 0.5) is 15.9 Å². The number of aliphatic imine (C=N–C) groups is 1. The number of carbonyl (C=O) groups excluding carboxylic acids is 1. The minimum Gasteiger partial charge on any atom is -0.398 e. The molecular weight excluding hydrogens is 624 g/mol. The molecule has 0 bridgehead atoms. The van der Waals surface area contributed by atoms with Gasteiger partial charge in [0, 0.05) is 48.4 Å². The predicted octanol–water partition coefficient (Wildman–Crippen LogP) is 5.87. The van der Waals surface area contributed by atoms with Crippen LogP contribution in [0.1, 0.15) is 40.2 Å². The van der Waals surface area contributed by atoms with E-state index < -0.39 is 17.5 Å². The van der Waals surface area contributed by atoms with Crippen molar-refractivity contribution in [1.29, 1.82) is 0 Å². The third-order valence-corrected chi connectivity index (χ3v) is 10.1. The van der Waals surface area contributed by atoms with Crippen molar-refractivity contribution in [3.63, 3.8) is 0 Å². The van der Waals surface area contributed by atoms with E-state index in [1.165, 1.54) is 18.2 Å². The van der Waals surface area contributed by atoms with Gasteiger partial charge >= 0.3 is 5.69 Å². The highest BCUT2D eigenvalue weighted by Gasteiger charge is 2.37. The average molecular weight is 661 g/mol. The van der Waals surface area contributed by atoms with Gasteiger partial charge in [0.15, 0.2) is 5.82 Å². The van der Waals surface area contributed by atoms with Crippen LogP contribution in [0.2, 0.25) is 10.0 Å². The number of nitrogens with zero attached hydrogens (tertiary/aromatic N) is 6. The molecule has 2 N–H and O–H groups in total. The number of halogens is 3. The van der Waals surface area contributed by atoms with Crippen LogP contribution >= 0.6 is 35.0 Å². The summed E-state index contributed by atoms with van der Waals surface area (Å²) in [7, 11) is 0. The van der Waals surface area contributed by atoms with E-state index >= 15 is 4.39 Å². The Morgan fingerprint density at radius 2 is 1.91 bits per heavy atom. The minimum absolute atomic E-state index is 0.0276. The molecule has 1 saturated heterocycles. The second kappa shape index (κ2) is 12.7. The van der Waals surface area contributed by atoms with Crippen LogP contribution in [0.15, 0.2) is 40.6 Å². The first-order chi connectivity index (χ1) is 20.9. The number of piperazine rings is 1. The van der Waals surface area contributed by atoms with Crippen LogP contribution < -0.4 is 16.3 Å². The Hall–Kier alpha value is -3.15. The highest BCUT2D eigenvalue weighted by Crippen LogP contribution is 2.41. The minimum atomic E-state index is -0.752. The third-order valence-electron chi connectivity index (χ3n) is 8.45. The van der Waals surface area contributed by atoms with Crippen molar-refractivity contribution in [2.75, 3.05) is 36.5 Å². The summed E-state index contributed by atoms with van der Waals surface area (Å²) >= 11 is 14.7. The van der Waals surface area contributed by atoms with E-state index in [1.807, 2.05) is 25.0 Å². The Labute approximate surface area is 270 Å². The molecule has 0 unspecified atom stereocenters. The molecule has 44 heavy (non-hydrogen) atoms. The summed E-state index contributed by atoms with van der Waals surface area (Å²) in [5.74, 6) is -0.459. The van der Waals surface area contributed by atoms with Crippen molar-refractivity contribution in [2.24, 2.45) is 10.9 Å². The van der Waals surface area contributed by atoms with Gasteiger partial charge in [-0.1, -0.05) is 43.6 Å². The van der Waals surface area contributed by atoms with Gasteiger partial charge in [-0.2, -0.15) is 16.7 Å². The number of fused-ring (bicyclic) bond motifs is 1. The van der Waals surface area contributed by atoms with Crippen LogP contribution in [-0.2, 0) is 4.79 Å². The Bertz CT molecular complexity index is 1730. The van der Waals surface area contributed by atoms with Crippen molar-refractivity contribution in [2.45, 2.75) is 57.5 Å². The van der Waals surface area contributed by atoms with E-state index in [0.29, 0.717) is 36.5 Å². The third kappa shape index (κ3) is 5.58. The molecule has 0 saturated carbocycles. The van der Waals surface area contributed by atoms with Crippen molar-refractivity contribution >= 4 is 69.1 Å². The molecule has 9 nitrogen and oxygen atoms in total. The highest BCUT2D eigenvalue weighted by atomic mass is 35.5. The van der Waals surface area contributed by atoms with Crippen molar-refractivity contribution in [3.05, 3.63) is 57.2 Å². The Morgan fingerprint density at radius 1 is 1.18 bits per heavy atom. The van der Waals surface area contributed by atoms with Crippen LogP contribution in [0.3, 0.4) is 0 Å². The summed E-state index contributed by atoms with van der Waals surface area (Å²) in [6.07, 6.45) is 4.09. The van der Waals surface area contributed by atoms with Gasteiger partial charge in [0.25, 0.3) is 0 Å². The molecule has 13 heteroatoms. The molecule has 234 valence electrons. The number of anilines is 2. The predicted molar refractivity (Wildman–Crippen MR) is 180 cm³/mol. The zero-order valence-electron chi connectivity index (χ0n) is 25.4. The van der Waals surface area contributed by atoms with E-state index in [-0.39, 0.29) is 56.1 Å². The monoisotopic (exact) mass is 659 g/mol. The van der Waals surface area contributed by atoms with Crippen molar-refractivity contribution in [1.82, 2.24) is 19.4 Å². The molecule has 1 aromatic carbocycles. The summed E-state index contributed by atoms with van der Waals surface area (Å²) in [6, 6.07) is 3.73. The van der Waals surface area contributed by atoms with Gasteiger partial charge in [0.05, 0.1) is 32.7 Å². The maximum absolute atomic E-state index is 15.5. The molecule has 2 aromatic heterocycles. The van der Waals surface area contributed by atoms with Crippen LogP contribution in [0, 0.1) is 11.7 Å². The maximum atomic E-state index is 15.5. The molecular formula is C31H36Cl2FN7O2S. The van der Waals surface area contributed by atoms with Crippen LogP contribution in [0.25, 0.3) is 22.3 Å². The molecule has 3 aromatic rings. The molecule has 2 aliphatic heterocycles. The second-order valence-corrected chi connectivity index (χ2v) is 13.5. The molecule has 0 radical (unpaired) electrons. The average Bonchev–Trinajstić information content (AvgIpc) is 2.99. The molecule has 4 heterocycles. The number of carbonyl (C=O) groups is 1. The number of hydrogen-bond donors (Lipinski definition) is 1. The van der Waals surface area contributed by atoms with E-state index in [9.17, 15) is 9.59 Å². The summed E-state index contributed by atoms with van der Waals surface area (Å²) in [4.78, 5) is 44.9. The Kier molecular flexibility index (Phi) is 9.30. The molecule has 1 fully saturated rings. The first-order valence-corrected chi connectivity index (χ1v) is 16.6. The highest BCUT2D eigenvalue weighted by molar-refractivity contribution is 7.99. The zero-order valence-corrected chi connectivity index (χ0v) is 27.7. The maximum Gasteiger partial charge on any atom is 0.351 e. The lowest BCUT2D eigenvalue weighted by atomic mass is 9.93. The SMILES string of the molecule is C=CC(=O)N1C[C@H](C)N(c2nc(=O)n([C@H]3C(C(C)C)=NCC[C@H]3SC)c3nc(-c4c(N)ccc(Cl)c4F)c(Cl)cc23)C[C@H]1C. The lowest BCUT2D eigenvalue weighted by molar-refractivity contribution is -0.128. The first-order valence-electron chi connectivity index (χ1n) is 14.5. The number of amides is 1. The molecule has 5 rings (SSSR count). The molecule has 0 aliphatic carbocycles. The Balaban J connectivity index is 1.82. The first kappa shape index (κ1) is 32.2. The van der Waals surface area contributed by atoms with Crippen molar-refractivity contribution < 1.29 is 9.18 Å².